The van der Waals surface area contributed by atoms with Crippen molar-refractivity contribution < 1.29 is 9.13 Å². The standard InChI is InChI=1S/C15H25FN2O/c1-11(17-4)12-8-7-9-13(16)14(12)19-10-15(2,3)18(5)6/h7-9,11,17H,10H2,1-6H3. The number of ether oxygens (including phenoxy) is 1. The molecule has 19 heavy (non-hydrogen) atoms. The van der Waals surface area contributed by atoms with E-state index in [1.54, 1.807) is 6.07 Å². The van der Waals surface area contributed by atoms with E-state index in [0.29, 0.717) is 12.4 Å². The third-order valence-electron chi connectivity index (χ3n) is 3.68. The summed E-state index contributed by atoms with van der Waals surface area (Å²) < 4.78 is 19.7. The van der Waals surface area contributed by atoms with Crippen molar-refractivity contribution in [2.24, 2.45) is 0 Å². The van der Waals surface area contributed by atoms with Crippen molar-refractivity contribution in [2.75, 3.05) is 27.7 Å². The van der Waals surface area contributed by atoms with Gasteiger partial charge in [-0.05, 0) is 48.0 Å². The SMILES string of the molecule is CNC(C)c1cccc(F)c1OCC(C)(C)N(C)C. The van der Waals surface area contributed by atoms with Gasteiger partial charge in [0.15, 0.2) is 11.6 Å². The maximum atomic E-state index is 14.0. The molecule has 1 atom stereocenters. The van der Waals surface area contributed by atoms with Gasteiger partial charge in [0.25, 0.3) is 0 Å². The Morgan fingerprint density at radius 3 is 2.53 bits per heavy atom. The normalized spacial score (nSPS) is 13.7. The van der Waals surface area contributed by atoms with E-state index >= 15 is 0 Å². The summed E-state index contributed by atoms with van der Waals surface area (Å²) in [6.07, 6.45) is 0. The quantitative estimate of drug-likeness (QED) is 0.858. The third-order valence-corrected chi connectivity index (χ3v) is 3.68. The highest BCUT2D eigenvalue weighted by Crippen LogP contribution is 2.29. The number of halogens is 1. The Morgan fingerprint density at radius 2 is 2.00 bits per heavy atom. The summed E-state index contributed by atoms with van der Waals surface area (Å²) in [5.74, 6) is 0.0356. The summed E-state index contributed by atoms with van der Waals surface area (Å²) in [6, 6.07) is 5.09. The van der Waals surface area contributed by atoms with Gasteiger partial charge < -0.3 is 15.0 Å². The van der Waals surface area contributed by atoms with Crippen LogP contribution in [0.2, 0.25) is 0 Å². The minimum absolute atomic E-state index is 0.0492. The van der Waals surface area contributed by atoms with Crippen molar-refractivity contribution in [1.29, 1.82) is 0 Å². The number of nitrogens with one attached hydrogen (secondary N) is 1. The third kappa shape index (κ3) is 3.91. The summed E-state index contributed by atoms with van der Waals surface area (Å²) in [5, 5.41) is 3.11. The number of hydrogen-bond donors (Lipinski definition) is 1. The van der Waals surface area contributed by atoms with Crippen LogP contribution in [-0.4, -0.2) is 38.2 Å². The fourth-order valence-corrected chi connectivity index (χ4v) is 1.55. The lowest BCUT2D eigenvalue weighted by molar-refractivity contribution is 0.110. The van der Waals surface area contributed by atoms with Gasteiger partial charge in [0.05, 0.1) is 0 Å². The van der Waals surface area contributed by atoms with E-state index in [-0.39, 0.29) is 17.4 Å². The smallest absolute Gasteiger partial charge is 0.165 e. The zero-order valence-electron chi connectivity index (χ0n) is 12.7. The Morgan fingerprint density at radius 1 is 1.37 bits per heavy atom. The molecule has 0 aliphatic carbocycles. The lowest BCUT2D eigenvalue weighted by atomic mass is 10.0. The summed E-state index contributed by atoms with van der Waals surface area (Å²) in [6.45, 7) is 6.55. The van der Waals surface area contributed by atoms with Gasteiger partial charge in [-0.15, -0.1) is 0 Å². The second-order valence-electron chi connectivity index (χ2n) is 5.66. The van der Waals surface area contributed by atoms with Gasteiger partial charge >= 0.3 is 0 Å². The molecule has 0 radical (unpaired) electrons. The molecule has 0 saturated carbocycles. The van der Waals surface area contributed by atoms with E-state index < -0.39 is 0 Å². The van der Waals surface area contributed by atoms with Gasteiger partial charge in [0, 0.05) is 17.1 Å². The van der Waals surface area contributed by atoms with E-state index in [9.17, 15) is 4.39 Å². The van der Waals surface area contributed by atoms with Crippen molar-refractivity contribution in [3.05, 3.63) is 29.6 Å². The van der Waals surface area contributed by atoms with Gasteiger partial charge in [0.1, 0.15) is 6.61 Å². The first-order chi connectivity index (χ1) is 8.79. The average molecular weight is 268 g/mol. The maximum absolute atomic E-state index is 14.0. The van der Waals surface area contributed by atoms with Crippen molar-refractivity contribution >= 4 is 0 Å². The largest absolute Gasteiger partial charge is 0.488 e. The van der Waals surface area contributed by atoms with Gasteiger partial charge in [-0.1, -0.05) is 12.1 Å². The highest BCUT2D eigenvalue weighted by Gasteiger charge is 2.23. The fourth-order valence-electron chi connectivity index (χ4n) is 1.55. The summed E-state index contributed by atoms with van der Waals surface area (Å²) in [4.78, 5) is 2.06. The lowest BCUT2D eigenvalue weighted by Gasteiger charge is -2.32. The Balaban J connectivity index is 2.94. The molecule has 1 aromatic rings. The molecule has 0 aliphatic rings. The van der Waals surface area contributed by atoms with Gasteiger partial charge in [0.2, 0.25) is 0 Å². The first-order valence-corrected chi connectivity index (χ1v) is 6.55. The molecule has 0 heterocycles. The topological polar surface area (TPSA) is 24.5 Å². The van der Waals surface area contributed by atoms with Crippen molar-refractivity contribution in [3.8, 4) is 5.75 Å². The first kappa shape index (κ1) is 15.9. The number of nitrogens with zero attached hydrogens (tertiary/aromatic N) is 1. The molecule has 1 aromatic carbocycles. The van der Waals surface area contributed by atoms with Gasteiger partial charge in [-0.25, -0.2) is 4.39 Å². The van der Waals surface area contributed by atoms with E-state index in [0.717, 1.165) is 5.56 Å². The molecular formula is C15H25FN2O. The van der Waals surface area contributed by atoms with E-state index in [1.165, 1.54) is 6.07 Å². The Kier molecular flexibility index (Phi) is 5.32. The van der Waals surface area contributed by atoms with Crippen LogP contribution >= 0.6 is 0 Å². The van der Waals surface area contributed by atoms with Crippen LogP contribution in [0.4, 0.5) is 4.39 Å². The lowest BCUT2D eigenvalue weighted by Crippen LogP contribution is -2.43. The van der Waals surface area contributed by atoms with Crippen LogP contribution in [0.3, 0.4) is 0 Å². The predicted molar refractivity (Wildman–Crippen MR) is 77.1 cm³/mol. The van der Waals surface area contributed by atoms with Gasteiger partial charge in [-0.2, -0.15) is 0 Å². The van der Waals surface area contributed by atoms with Crippen molar-refractivity contribution in [1.82, 2.24) is 10.2 Å². The zero-order chi connectivity index (χ0) is 14.6. The number of hydrogen-bond acceptors (Lipinski definition) is 3. The fraction of sp³-hybridized carbons (Fsp3) is 0.600. The molecule has 1 N–H and O–H groups in total. The molecule has 0 aromatic heterocycles. The molecule has 0 bridgehead atoms. The molecule has 108 valence electrons. The molecule has 0 saturated heterocycles. The highest BCUT2D eigenvalue weighted by molar-refractivity contribution is 5.37. The number of para-hydroxylation sites is 1. The van der Waals surface area contributed by atoms with Crippen LogP contribution in [0.1, 0.15) is 32.4 Å². The number of rotatable bonds is 6. The molecule has 0 aliphatic heterocycles. The zero-order valence-corrected chi connectivity index (χ0v) is 12.7. The maximum Gasteiger partial charge on any atom is 0.165 e. The van der Waals surface area contributed by atoms with E-state index in [2.05, 4.69) is 24.1 Å². The molecule has 4 heteroatoms. The van der Waals surface area contributed by atoms with Gasteiger partial charge in [-0.3, -0.25) is 0 Å². The second-order valence-corrected chi connectivity index (χ2v) is 5.66. The summed E-state index contributed by atoms with van der Waals surface area (Å²) in [5.41, 5.74) is 0.694. The molecular weight excluding hydrogens is 243 g/mol. The Hall–Kier alpha value is -1.13. The van der Waals surface area contributed by atoms with Crippen LogP contribution in [0.15, 0.2) is 18.2 Å². The monoisotopic (exact) mass is 268 g/mol. The Labute approximate surface area is 115 Å². The highest BCUT2D eigenvalue weighted by atomic mass is 19.1. The van der Waals surface area contributed by atoms with E-state index in [4.69, 9.17) is 4.74 Å². The van der Waals surface area contributed by atoms with Crippen molar-refractivity contribution in [3.63, 3.8) is 0 Å². The first-order valence-electron chi connectivity index (χ1n) is 6.55. The molecule has 0 fully saturated rings. The second kappa shape index (κ2) is 6.35. The van der Waals surface area contributed by atoms with Crippen LogP contribution in [0.5, 0.6) is 5.75 Å². The van der Waals surface area contributed by atoms with Crippen LogP contribution in [0, 0.1) is 5.82 Å². The van der Waals surface area contributed by atoms with E-state index in [1.807, 2.05) is 34.1 Å². The predicted octanol–water partition coefficient (Wildman–Crippen LogP) is 2.83. The summed E-state index contributed by atoms with van der Waals surface area (Å²) >= 11 is 0. The Bertz CT molecular complexity index is 419. The number of benzene rings is 1. The van der Waals surface area contributed by atoms with Crippen molar-refractivity contribution in [2.45, 2.75) is 32.4 Å². The molecule has 1 rings (SSSR count). The summed E-state index contributed by atoms with van der Waals surface area (Å²) in [7, 11) is 5.83. The number of likely N-dealkylation sites (N-methyl/N-ethyl adjacent to an activating group) is 1. The average Bonchev–Trinajstić information content (AvgIpc) is 2.35. The van der Waals surface area contributed by atoms with Crippen LogP contribution in [-0.2, 0) is 0 Å². The molecule has 0 amide bonds. The molecule has 3 nitrogen and oxygen atoms in total. The molecule has 1 unspecified atom stereocenters. The minimum Gasteiger partial charge on any atom is -0.488 e. The van der Waals surface area contributed by atoms with Crippen LogP contribution in [0.25, 0.3) is 0 Å². The minimum atomic E-state index is -0.311. The molecule has 0 spiro atoms. The van der Waals surface area contributed by atoms with Crippen LogP contribution < -0.4 is 10.1 Å².